The lowest BCUT2D eigenvalue weighted by Crippen LogP contribution is -2.50. The van der Waals surface area contributed by atoms with Crippen molar-refractivity contribution in [1.29, 1.82) is 0 Å². The second-order valence-electron chi connectivity index (χ2n) is 5.10. The van der Waals surface area contributed by atoms with Crippen LogP contribution in [0.15, 0.2) is 16.4 Å². The van der Waals surface area contributed by atoms with Crippen LogP contribution in [0.25, 0.3) is 0 Å². The Morgan fingerprint density at radius 1 is 1.21 bits per heavy atom. The van der Waals surface area contributed by atoms with Crippen molar-refractivity contribution in [1.82, 2.24) is 16.1 Å². The lowest BCUT2D eigenvalue weighted by molar-refractivity contribution is -0.140. The molecule has 0 aromatic rings. The number of rotatable bonds is 5. The van der Waals surface area contributed by atoms with E-state index in [1.54, 1.807) is 13.8 Å². The number of carbonyl (C=O) groups excluding carboxylic acids is 4. The molecule has 0 spiro atoms. The molecule has 10 nitrogen and oxygen atoms in total. The minimum absolute atomic E-state index is 0.0706. The van der Waals surface area contributed by atoms with E-state index in [0.29, 0.717) is 0 Å². The number of hydrogen-bond acceptors (Lipinski definition) is 7. The number of urea groups is 1. The van der Waals surface area contributed by atoms with Gasteiger partial charge in [0.25, 0.3) is 0 Å². The molecule has 0 unspecified atom stereocenters. The first-order chi connectivity index (χ1) is 11.4. The van der Waals surface area contributed by atoms with Crippen LogP contribution in [0, 0.1) is 0 Å². The molecule has 2 aliphatic heterocycles. The second-order valence-corrected chi connectivity index (χ2v) is 5.10. The molecule has 0 bridgehead atoms. The molecule has 0 aromatic heterocycles. The molecule has 2 heterocycles. The van der Waals surface area contributed by atoms with Gasteiger partial charge in [-0.3, -0.25) is 4.79 Å². The molecule has 0 aliphatic carbocycles. The lowest BCUT2D eigenvalue weighted by atomic mass is 10.0. The van der Waals surface area contributed by atoms with Crippen LogP contribution in [0.2, 0.25) is 0 Å². The normalized spacial score (nSPS) is 20.4. The van der Waals surface area contributed by atoms with E-state index in [2.05, 4.69) is 21.2 Å². The molecule has 0 fully saturated rings. The Balaban J connectivity index is 2.10. The number of amides is 3. The average Bonchev–Trinajstić information content (AvgIpc) is 2.52. The Labute approximate surface area is 137 Å². The van der Waals surface area contributed by atoms with E-state index in [0.717, 1.165) is 0 Å². The fourth-order valence-electron chi connectivity index (χ4n) is 2.24. The quantitative estimate of drug-likeness (QED) is 0.568. The van der Waals surface area contributed by atoms with Crippen LogP contribution >= 0.6 is 0 Å². The summed E-state index contributed by atoms with van der Waals surface area (Å²) in [6.45, 7) is 3.13. The van der Waals surface area contributed by atoms with Gasteiger partial charge in [-0.1, -0.05) is 0 Å². The number of ether oxygens (including phenoxy) is 2. The van der Waals surface area contributed by atoms with Gasteiger partial charge < -0.3 is 20.1 Å². The van der Waals surface area contributed by atoms with Crippen molar-refractivity contribution >= 4 is 29.6 Å². The van der Waals surface area contributed by atoms with Crippen molar-refractivity contribution < 1.29 is 28.7 Å². The minimum atomic E-state index is -0.730. The van der Waals surface area contributed by atoms with Gasteiger partial charge in [-0.25, -0.2) is 19.8 Å². The van der Waals surface area contributed by atoms with Gasteiger partial charge in [-0.2, -0.15) is 5.10 Å². The smallest absolute Gasteiger partial charge is 0.354 e. The monoisotopic (exact) mass is 338 g/mol. The molecule has 24 heavy (non-hydrogen) atoms. The van der Waals surface area contributed by atoms with Gasteiger partial charge in [0.15, 0.2) is 0 Å². The number of nitrogens with one attached hydrogen (secondary N) is 3. The number of hydrogen-bond donors (Lipinski definition) is 3. The zero-order chi connectivity index (χ0) is 17.7. The Kier molecular flexibility index (Phi) is 5.51. The lowest BCUT2D eigenvalue weighted by Gasteiger charge is -2.26. The van der Waals surface area contributed by atoms with Crippen LogP contribution in [0.1, 0.15) is 26.7 Å². The van der Waals surface area contributed by atoms with E-state index in [-0.39, 0.29) is 48.9 Å². The first kappa shape index (κ1) is 17.4. The van der Waals surface area contributed by atoms with Gasteiger partial charge in [0.2, 0.25) is 5.91 Å². The Hall–Kier alpha value is -2.91. The maximum absolute atomic E-state index is 12.0. The summed E-state index contributed by atoms with van der Waals surface area (Å²) in [6, 6.07) is -1.10. The first-order valence-corrected chi connectivity index (χ1v) is 7.42. The van der Waals surface area contributed by atoms with E-state index in [1.807, 2.05) is 0 Å². The molecule has 0 aromatic carbocycles. The van der Waals surface area contributed by atoms with Crippen molar-refractivity contribution in [2.24, 2.45) is 5.10 Å². The number of hydrazone groups is 1. The summed E-state index contributed by atoms with van der Waals surface area (Å²) in [5, 5.41) is 8.60. The maximum Gasteiger partial charge on any atom is 0.354 e. The molecule has 0 saturated carbocycles. The first-order valence-electron chi connectivity index (χ1n) is 7.42. The molecular weight excluding hydrogens is 320 g/mol. The van der Waals surface area contributed by atoms with E-state index < -0.39 is 24.0 Å². The Morgan fingerprint density at radius 2 is 1.96 bits per heavy atom. The third kappa shape index (κ3) is 4.09. The van der Waals surface area contributed by atoms with Crippen LogP contribution < -0.4 is 16.1 Å². The summed E-state index contributed by atoms with van der Waals surface area (Å²) in [6.07, 6.45) is 0.307. The van der Waals surface area contributed by atoms with Gasteiger partial charge in [0.05, 0.1) is 23.9 Å². The Morgan fingerprint density at radius 3 is 2.58 bits per heavy atom. The van der Waals surface area contributed by atoms with Gasteiger partial charge in [0, 0.05) is 12.8 Å². The summed E-state index contributed by atoms with van der Waals surface area (Å²) >= 11 is 0. The third-order valence-electron chi connectivity index (χ3n) is 3.35. The molecule has 130 valence electrons. The summed E-state index contributed by atoms with van der Waals surface area (Å²) in [5.74, 6) is -1.62. The van der Waals surface area contributed by atoms with Gasteiger partial charge in [-0.05, 0) is 13.8 Å². The molecule has 2 rings (SSSR count). The standard InChI is InChI=1S/C14H18N4O6/c1-3-23-13(21)11-7(2)15-14(22)16-9(11)6-24-12(20)8-4-5-10(19)18-17-8/h7H,3-6H2,1-2H3,(H,18,19)(H2,15,16,22)/t7-/m0/s1. The van der Waals surface area contributed by atoms with E-state index in [1.165, 1.54) is 0 Å². The molecule has 1 atom stereocenters. The van der Waals surface area contributed by atoms with Crippen LogP contribution in [-0.4, -0.2) is 48.8 Å². The fraction of sp³-hybridized carbons (Fsp3) is 0.500. The summed E-state index contributed by atoms with van der Waals surface area (Å²) in [4.78, 5) is 46.5. The van der Waals surface area contributed by atoms with E-state index >= 15 is 0 Å². The van der Waals surface area contributed by atoms with Crippen molar-refractivity contribution in [2.45, 2.75) is 32.7 Å². The molecule has 2 aliphatic rings. The number of esters is 2. The topological polar surface area (TPSA) is 135 Å². The Bertz CT molecular complexity index is 639. The predicted molar refractivity (Wildman–Crippen MR) is 80.6 cm³/mol. The van der Waals surface area contributed by atoms with Crippen LogP contribution in [-0.2, 0) is 23.9 Å². The van der Waals surface area contributed by atoms with Crippen LogP contribution in [0.5, 0.6) is 0 Å². The third-order valence-corrected chi connectivity index (χ3v) is 3.35. The highest BCUT2D eigenvalue weighted by molar-refractivity contribution is 6.37. The summed E-state index contributed by atoms with van der Waals surface area (Å²) in [5.41, 5.74) is 2.60. The molecule has 3 N–H and O–H groups in total. The van der Waals surface area contributed by atoms with Gasteiger partial charge in [-0.15, -0.1) is 0 Å². The maximum atomic E-state index is 12.0. The van der Waals surface area contributed by atoms with E-state index in [9.17, 15) is 19.2 Å². The minimum Gasteiger partial charge on any atom is -0.463 e. The van der Waals surface area contributed by atoms with Gasteiger partial charge in [0.1, 0.15) is 12.3 Å². The summed E-state index contributed by atoms with van der Waals surface area (Å²) in [7, 11) is 0. The predicted octanol–water partition coefficient (Wildman–Crippen LogP) is -0.686. The molecule has 10 heteroatoms. The second kappa shape index (κ2) is 7.57. The van der Waals surface area contributed by atoms with E-state index in [4.69, 9.17) is 9.47 Å². The number of nitrogens with zero attached hydrogens (tertiary/aromatic N) is 1. The highest BCUT2D eigenvalue weighted by Gasteiger charge is 2.30. The summed E-state index contributed by atoms with van der Waals surface area (Å²) < 4.78 is 10.0. The molecule has 3 amide bonds. The molecular formula is C14H18N4O6. The molecule has 0 saturated heterocycles. The van der Waals surface area contributed by atoms with Crippen LogP contribution in [0.3, 0.4) is 0 Å². The van der Waals surface area contributed by atoms with Crippen molar-refractivity contribution in [2.75, 3.05) is 13.2 Å². The average molecular weight is 338 g/mol. The van der Waals surface area contributed by atoms with Crippen molar-refractivity contribution in [3.05, 3.63) is 11.3 Å². The molecule has 0 radical (unpaired) electrons. The highest BCUT2D eigenvalue weighted by atomic mass is 16.5. The largest absolute Gasteiger partial charge is 0.463 e. The number of carbonyl (C=O) groups is 4. The van der Waals surface area contributed by atoms with Crippen molar-refractivity contribution in [3.63, 3.8) is 0 Å². The van der Waals surface area contributed by atoms with Gasteiger partial charge >= 0.3 is 18.0 Å². The fourth-order valence-corrected chi connectivity index (χ4v) is 2.24. The highest BCUT2D eigenvalue weighted by Crippen LogP contribution is 2.15. The van der Waals surface area contributed by atoms with Crippen molar-refractivity contribution in [3.8, 4) is 0 Å². The zero-order valence-electron chi connectivity index (χ0n) is 13.3. The SMILES string of the molecule is CCOC(=O)C1=C(COC(=O)C2=NNC(=O)CC2)NC(=O)N[C@H]1C. The zero-order valence-corrected chi connectivity index (χ0v) is 13.3. The van der Waals surface area contributed by atoms with Crippen LogP contribution in [0.4, 0.5) is 4.79 Å².